The third kappa shape index (κ3) is 5.83. The van der Waals surface area contributed by atoms with Crippen LogP contribution in [0.25, 0.3) is 0 Å². The molecule has 0 spiro atoms. The summed E-state index contributed by atoms with van der Waals surface area (Å²) in [4.78, 5) is 10.7. The second-order valence-corrected chi connectivity index (χ2v) is 6.42. The zero-order valence-corrected chi connectivity index (χ0v) is 16.2. The Labute approximate surface area is 167 Å². The fourth-order valence-electron chi connectivity index (χ4n) is 1.67. The molecule has 2 aromatic rings. The van der Waals surface area contributed by atoms with E-state index >= 15 is 0 Å². The quantitative estimate of drug-likeness (QED) is 0.291. The van der Waals surface area contributed by atoms with Gasteiger partial charge in [0.05, 0.1) is 10.6 Å². The van der Waals surface area contributed by atoms with Crippen molar-refractivity contribution in [1.29, 1.82) is 0 Å². The number of aliphatic carboxylic acids is 1. The predicted molar refractivity (Wildman–Crippen MR) is 84.1 cm³/mol. The number of carboxylic acid groups (broad SMARTS) is 1. The van der Waals surface area contributed by atoms with E-state index in [-0.39, 0.29) is 34.5 Å². The van der Waals surface area contributed by atoms with Crippen LogP contribution in [0.4, 0.5) is 5.69 Å². The molecule has 0 saturated carbocycles. The molecule has 0 radical (unpaired) electrons. The molecule has 0 aliphatic rings. The number of aliphatic hydroxyl groups is 1. The Hall–Kier alpha value is -1.91. The van der Waals surface area contributed by atoms with Gasteiger partial charge in [-0.05, 0) is 30.8 Å². The number of hydrogen-bond acceptors (Lipinski definition) is 6. The third-order valence-corrected chi connectivity index (χ3v) is 4.49. The van der Waals surface area contributed by atoms with Gasteiger partial charge in [-0.3, -0.25) is 4.79 Å². The van der Waals surface area contributed by atoms with E-state index in [2.05, 4.69) is 10.3 Å². The Kier molecular flexibility index (Phi) is 8.07. The molecule has 0 bridgehead atoms. The van der Waals surface area contributed by atoms with Crippen LogP contribution in [0.2, 0.25) is 0 Å². The van der Waals surface area contributed by atoms with Crippen LogP contribution in [0.5, 0.6) is 0 Å². The molecule has 0 atom stereocenters. The van der Waals surface area contributed by atoms with Gasteiger partial charge in [-0.2, -0.15) is 12.8 Å². The SMILES string of the molecule is O=C(O)[C-](O)CN(N=Nc1ccccc1)S(=O)(=O)c1ccccc1.[Na+]. The van der Waals surface area contributed by atoms with E-state index in [1.54, 1.807) is 36.4 Å². The first-order chi connectivity index (χ1) is 11.4. The molecule has 126 valence electrons. The molecule has 2 N–H and O–H groups in total. The van der Waals surface area contributed by atoms with E-state index < -0.39 is 28.6 Å². The van der Waals surface area contributed by atoms with Gasteiger partial charge in [-0.15, -0.1) is 11.2 Å². The number of carbonyl (C=O) groups is 1. The minimum atomic E-state index is -4.17. The van der Waals surface area contributed by atoms with E-state index in [1.807, 2.05) is 0 Å². The number of sulfonamides is 1. The van der Waals surface area contributed by atoms with E-state index in [0.29, 0.717) is 10.1 Å². The number of nitrogens with zero attached hydrogens (tertiary/aromatic N) is 3. The molecule has 2 aromatic carbocycles. The molecule has 0 aliphatic carbocycles. The second-order valence-electron chi connectivity index (χ2n) is 4.58. The van der Waals surface area contributed by atoms with Crippen molar-refractivity contribution in [3.8, 4) is 0 Å². The van der Waals surface area contributed by atoms with Gasteiger partial charge >= 0.3 is 29.6 Å². The Morgan fingerprint density at radius 2 is 1.56 bits per heavy atom. The van der Waals surface area contributed by atoms with Crippen LogP contribution in [-0.4, -0.2) is 35.6 Å². The van der Waals surface area contributed by atoms with Gasteiger partial charge in [-0.1, -0.05) is 41.6 Å². The van der Waals surface area contributed by atoms with Gasteiger partial charge in [0, 0.05) is 0 Å². The summed E-state index contributed by atoms with van der Waals surface area (Å²) in [5.41, 5.74) is 0.376. The molecule has 0 aromatic heterocycles. The van der Waals surface area contributed by atoms with Gasteiger partial charge < -0.3 is 10.2 Å². The van der Waals surface area contributed by atoms with Crippen LogP contribution in [-0.2, 0) is 14.8 Å². The molecule has 0 fully saturated rings. The summed E-state index contributed by atoms with van der Waals surface area (Å²) in [6.45, 7) is -0.844. The van der Waals surface area contributed by atoms with Crippen molar-refractivity contribution >= 4 is 21.7 Å². The zero-order chi connectivity index (χ0) is 17.6. The van der Waals surface area contributed by atoms with E-state index in [0.717, 1.165) is 0 Å². The maximum absolute atomic E-state index is 12.6. The molecule has 25 heavy (non-hydrogen) atoms. The maximum atomic E-state index is 12.6. The summed E-state index contributed by atoms with van der Waals surface area (Å²) in [6.07, 6.45) is -1.07. The van der Waals surface area contributed by atoms with E-state index in [4.69, 9.17) is 5.11 Å². The van der Waals surface area contributed by atoms with Crippen molar-refractivity contribution in [2.75, 3.05) is 6.54 Å². The van der Waals surface area contributed by atoms with Gasteiger partial charge in [-0.25, -0.2) is 0 Å². The van der Waals surface area contributed by atoms with Crippen molar-refractivity contribution in [2.45, 2.75) is 4.90 Å². The normalized spacial score (nSPS) is 10.9. The maximum Gasteiger partial charge on any atom is 1.00 e. The topological polar surface area (TPSA) is 120 Å². The fourth-order valence-corrected chi connectivity index (χ4v) is 2.84. The van der Waals surface area contributed by atoms with Gasteiger partial charge in [0.1, 0.15) is 0 Å². The first kappa shape index (κ1) is 21.1. The minimum absolute atomic E-state index is 0. The Morgan fingerprint density at radius 3 is 2.08 bits per heavy atom. The van der Waals surface area contributed by atoms with Crippen molar-refractivity contribution < 1.29 is 53.0 Å². The Morgan fingerprint density at radius 1 is 1.04 bits per heavy atom. The second kappa shape index (κ2) is 9.54. The third-order valence-electron chi connectivity index (χ3n) is 2.87. The van der Waals surface area contributed by atoms with Crippen LogP contribution in [0.3, 0.4) is 0 Å². The average molecular weight is 371 g/mol. The number of carboxylic acids is 1. The van der Waals surface area contributed by atoms with Crippen LogP contribution in [0.15, 0.2) is 75.9 Å². The molecule has 0 aliphatic heterocycles. The summed E-state index contributed by atoms with van der Waals surface area (Å²) in [5.74, 6) is -1.64. The van der Waals surface area contributed by atoms with Crippen molar-refractivity contribution in [3.05, 3.63) is 66.8 Å². The molecule has 0 heterocycles. The monoisotopic (exact) mass is 371 g/mol. The predicted octanol–water partition coefficient (Wildman–Crippen LogP) is -0.631. The molecule has 0 unspecified atom stereocenters. The first-order valence-corrected chi connectivity index (χ1v) is 8.18. The standard InChI is InChI=1S/C15H14N3O5S.Na/c19-14(15(20)21)11-18(17-16-12-7-3-1-4-8-12)24(22,23)13-9-5-2-6-10-13;/h1-10,19H,11H2,(H,20,21);/q-1;+1. The molecule has 10 heteroatoms. The van der Waals surface area contributed by atoms with Gasteiger partial charge in [0.15, 0.2) is 5.97 Å². The van der Waals surface area contributed by atoms with Crippen LogP contribution >= 0.6 is 0 Å². The summed E-state index contributed by atoms with van der Waals surface area (Å²) in [7, 11) is -4.17. The number of hydrogen-bond donors (Lipinski definition) is 2. The van der Waals surface area contributed by atoms with Crippen LogP contribution < -0.4 is 29.6 Å². The van der Waals surface area contributed by atoms with Crippen molar-refractivity contribution in [3.63, 3.8) is 0 Å². The first-order valence-electron chi connectivity index (χ1n) is 6.74. The molecule has 0 saturated heterocycles. The Bertz CT molecular complexity index is 816. The smallest absolute Gasteiger partial charge is 0.532 e. The van der Waals surface area contributed by atoms with Gasteiger partial charge in [0.2, 0.25) is 0 Å². The Balaban J connectivity index is 0.00000312. The number of aliphatic hydroxyl groups excluding tert-OH is 1. The molecular formula is C15H14N3NaO5S. The molecular weight excluding hydrogens is 357 g/mol. The van der Waals surface area contributed by atoms with E-state index in [9.17, 15) is 18.3 Å². The summed E-state index contributed by atoms with van der Waals surface area (Å²) in [6, 6.07) is 15.6. The largest absolute Gasteiger partial charge is 1.00 e. The van der Waals surface area contributed by atoms with Crippen LogP contribution in [0, 0.1) is 6.10 Å². The average Bonchev–Trinajstić information content (AvgIpc) is 2.59. The molecule has 0 amide bonds. The minimum Gasteiger partial charge on any atom is -0.532 e. The molecule has 2 rings (SSSR count). The fraction of sp³-hybridized carbons (Fsp3) is 0.0667. The summed E-state index contributed by atoms with van der Waals surface area (Å²) >= 11 is 0. The van der Waals surface area contributed by atoms with E-state index in [1.165, 1.54) is 24.3 Å². The summed E-state index contributed by atoms with van der Waals surface area (Å²) in [5, 5.41) is 25.5. The zero-order valence-electron chi connectivity index (χ0n) is 13.3. The van der Waals surface area contributed by atoms with Crippen LogP contribution in [0.1, 0.15) is 0 Å². The number of rotatable bonds is 7. The summed E-state index contributed by atoms with van der Waals surface area (Å²) < 4.78 is 25.6. The van der Waals surface area contributed by atoms with Gasteiger partial charge in [0.25, 0.3) is 10.0 Å². The van der Waals surface area contributed by atoms with Crippen molar-refractivity contribution in [2.24, 2.45) is 10.3 Å². The molecule has 8 nitrogen and oxygen atoms in total. The number of benzene rings is 2. The van der Waals surface area contributed by atoms with Crippen molar-refractivity contribution in [1.82, 2.24) is 4.41 Å².